The predicted molar refractivity (Wildman–Crippen MR) is 119 cm³/mol. The fraction of sp³-hybridized carbons (Fsp3) is 0.174. The molecule has 0 spiro atoms. The number of aromatic nitrogens is 1. The number of halogens is 1. The Balaban J connectivity index is 1.88. The number of hydrogen-bond acceptors (Lipinski definition) is 6. The van der Waals surface area contributed by atoms with Crippen LogP contribution in [0.5, 0.6) is 17.2 Å². The number of guanidine groups is 1. The molecule has 0 atom stereocenters. The zero-order chi connectivity index (χ0) is 22.9. The second-order valence-electron chi connectivity index (χ2n) is 6.52. The Morgan fingerprint density at radius 1 is 1.00 bits per heavy atom. The Labute approximate surface area is 185 Å². The molecular weight excluding hydrogens is 415 g/mol. The highest BCUT2D eigenvalue weighted by molar-refractivity contribution is 6.10. The molecule has 0 fully saturated rings. The Bertz CT molecular complexity index is 1080. The van der Waals surface area contributed by atoms with Crippen molar-refractivity contribution in [2.75, 3.05) is 26.6 Å². The van der Waals surface area contributed by atoms with Gasteiger partial charge in [0, 0.05) is 23.6 Å². The summed E-state index contributed by atoms with van der Waals surface area (Å²) in [4.78, 5) is 21.4. The normalized spacial score (nSPS) is 10.9. The monoisotopic (exact) mass is 438 g/mol. The first-order valence-corrected chi connectivity index (χ1v) is 9.61. The molecule has 0 aliphatic rings. The summed E-state index contributed by atoms with van der Waals surface area (Å²) in [5, 5.41) is 5.67. The van der Waals surface area contributed by atoms with Crippen molar-refractivity contribution < 1.29 is 23.4 Å². The Morgan fingerprint density at radius 3 is 2.28 bits per heavy atom. The maximum Gasteiger partial charge on any atom is 0.258 e. The number of nitrogens with one attached hydrogen (secondary N) is 2. The van der Waals surface area contributed by atoms with Gasteiger partial charge in [-0.25, -0.2) is 9.38 Å². The van der Waals surface area contributed by atoms with E-state index in [4.69, 9.17) is 14.2 Å². The molecule has 1 heterocycles. The number of ether oxygens (including phenoxy) is 3. The molecule has 9 heteroatoms. The van der Waals surface area contributed by atoms with Gasteiger partial charge in [-0.1, -0.05) is 6.07 Å². The molecule has 0 aliphatic heterocycles. The molecular formula is C23H23FN4O4. The molecule has 0 radical (unpaired) electrons. The van der Waals surface area contributed by atoms with Gasteiger partial charge in [0.2, 0.25) is 11.7 Å². The van der Waals surface area contributed by atoms with Crippen molar-refractivity contribution in [1.29, 1.82) is 0 Å². The van der Waals surface area contributed by atoms with Crippen LogP contribution in [0.2, 0.25) is 0 Å². The van der Waals surface area contributed by atoms with Crippen molar-refractivity contribution in [3.05, 3.63) is 77.9 Å². The third-order valence-electron chi connectivity index (χ3n) is 4.42. The van der Waals surface area contributed by atoms with E-state index in [1.807, 2.05) is 12.1 Å². The molecule has 2 N–H and O–H groups in total. The summed E-state index contributed by atoms with van der Waals surface area (Å²) in [7, 11) is 4.41. The average Bonchev–Trinajstić information content (AvgIpc) is 2.82. The molecule has 1 aromatic heterocycles. The van der Waals surface area contributed by atoms with E-state index in [0.717, 1.165) is 5.56 Å². The first-order valence-electron chi connectivity index (χ1n) is 9.61. The summed E-state index contributed by atoms with van der Waals surface area (Å²) in [6, 6.07) is 12.5. The molecule has 3 rings (SSSR count). The molecule has 2 aromatic carbocycles. The van der Waals surface area contributed by atoms with Crippen LogP contribution in [-0.2, 0) is 6.54 Å². The summed E-state index contributed by atoms with van der Waals surface area (Å²) >= 11 is 0. The van der Waals surface area contributed by atoms with E-state index < -0.39 is 11.7 Å². The summed E-state index contributed by atoms with van der Waals surface area (Å²) in [6.45, 7) is 0.274. The van der Waals surface area contributed by atoms with Crippen molar-refractivity contribution in [2.45, 2.75) is 6.54 Å². The molecule has 0 unspecified atom stereocenters. The zero-order valence-corrected chi connectivity index (χ0v) is 17.9. The lowest BCUT2D eigenvalue weighted by atomic mass is 10.1. The first kappa shape index (κ1) is 22.5. The highest BCUT2D eigenvalue weighted by atomic mass is 19.1. The molecule has 166 valence electrons. The van der Waals surface area contributed by atoms with Gasteiger partial charge in [-0.15, -0.1) is 0 Å². The number of hydrogen-bond donors (Lipinski definition) is 2. The van der Waals surface area contributed by atoms with Gasteiger partial charge in [-0.3, -0.25) is 15.1 Å². The van der Waals surface area contributed by atoms with E-state index >= 15 is 0 Å². The predicted octanol–water partition coefficient (Wildman–Crippen LogP) is 3.64. The summed E-state index contributed by atoms with van der Waals surface area (Å²) in [5.74, 6) is 0.305. The highest BCUT2D eigenvalue weighted by Gasteiger charge is 2.18. The lowest BCUT2D eigenvalue weighted by molar-refractivity contribution is 0.0976. The van der Waals surface area contributed by atoms with Crippen LogP contribution in [0.4, 0.5) is 10.1 Å². The van der Waals surface area contributed by atoms with Crippen molar-refractivity contribution in [1.82, 2.24) is 10.3 Å². The number of carbonyl (C=O) groups excluding carboxylic acids is 1. The minimum atomic E-state index is -0.471. The van der Waals surface area contributed by atoms with E-state index in [2.05, 4.69) is 20.6 Å². The van der Waals surface area contributed by atoms with E-state index in [-0.39, 0.29) is 18.1 Å². The quantitative estimate of drug-likeness (QED) is 0.432. The minimum Gasteiger partial charge on any atom is -0.493 e. The van der Waals surface area contributed by atoms with Crippen LogP contribution in [0, 0.1) is 5.82 Å². The maximum atomic E-state index is 13.6. The van der Waals surface area contributed by atoms with Crippen molar-refractivity contribution in [3.8, 4) is 17.2 Å². The molecule has 0 saturated carbocycles. The largest absolute Gasteiger partial charge is 0.493 e. The van der Waals surface area contributed by atoms with Gasteiger partial charge in [-0.05, 0) is 48.0 Å². The third kappa shape index (κ3) is 5.72. The van der Waals surface area contributed by atoms with Crippen LogP contribution in [-0.4, -0.2) is 38.2 Å². The van der Waals surface area contributed by atoms with Gasteiger partial charge in [0.05, 0.1) is 27.9 Å². The van der Waals surface area contributed by atoms with Crippen LogP contribution in [0.25, 0.3) is 0 Å². The van der Waals surface area contributed by atoms with Gasteiger partial charge in [0.25, 0.3) is 5.91 Å². The van der Waals surface area contributed by atoms with E-state index in [9.17, 15) is 9.18 Å². The van der Waals surface area contributed by atoms with Crippen LogP contribution in [0.3, 0.4) is 0 Å². The van der Waals surface area contributed by atoms with Crippen LogP contribution >= 0.6 is 0 Å². The van der Waals surface area contributed by atoms with Crippen molar-refractivity contribution in [2.24, 2.45) is 4.99 Å². The third-order valence-corrected chi connectivity index (χ3v) is 4.42. The fourth-order valence-corrected chi connectivity index (χ4v) is 2.86. The summed E-state index contributed by atoms with van der Waals surface area (Å²) in [5.41, 5.74) is 1.58. The first-order chi connectivity index (χ1) is 15.5. The standard InChI is InChI=1S/C23H23FN4O4/c1-30-19-11-16(12-20(31-2)21(19)32-3)22(29)28-23(26-14-15-7-9-25-10-8-15)27-18-6-4-5-17(24)13-18/h4-13H,14H2,1-3H3,(H2,26,27,28,29). The summed E-state index contributed by atoms with van der Waals surface area (Å²) < 4.78 is 29.5. The average molecular weight is 438 g/mol. The van der Waals surface area contributed by atoms with E-state index in [1.165, 1.54) is 45.6 Å². The number of benzene rings is 2. The van der Waals surface area contributed by atoms with Crippen LogP contribution in [0.15, 0.2) is 65.9 Å². The zero-order valence-electron chi connectivity index (χ0n) is 17.9. The molecule has 0 saturated heterocycles. The highest BCUT2D eigenvalue weighted by Crippen LogP contribution is 2.38. The maximum absolute atomic E-state index is 13.6. The lowest BCUT2D eigenvalue weighted by Crippen LogP contribution is -2.36. The number of methoxy groups -OCH3 is 3. The van der Waals surface area contributed by atoms with E-state index in [1.54, 1.807) is 24.5 Å². The molecule has 0 bridgehead atoms. The molecule has 1 amide bonds. The summed E-state index contributed by atoms with van der Waals surface area (Å²) in [6.07, 6.45) is 3.30. The Kier molecular flexibility index (Phi) is 7.58. The Hall–Kier alpha value is -4.14. The van der Waals surface area contributed by atoms with Gasteiger partial charge in [0.1, 0.15) is 5.82 Å². The number of nitrogens with zero attached hydrogens (tertiary/aromatic N) is 2. The minimum absolute atomic E-state index is 0.145. The number of amides is 1. The number of rotatable bonds is 7. The lowest BCUT2D eigenvalue weighted by Gasteiger charge is -2.15. The van der Waals surface area contributed by atoms with Crippen LogP contribution < -0.4 is 24.8 Å². The van der Waals surface area contributed by atoms with Gasteiger partial charge in [0.15, 0.2) is 11.5 Å². The van der Waals surface area contributed by atoms with E-state index in [0.29, 0.717) is 22.9 Å². The molecule has 8 nitrogen and oxygen atoms in total. The number of pyridine rings is 1. The van der Waals surface area contributed by atoms with Crippen molar-refractivity contribution in [3.63, 3.8) is 0 Å². The second-order valence-corrected chi connectivity index (χ2v) is 6.52. The number of aliphatic imine (C=N–C) groups is 1. The van der Waals surface area contributed by atoms with Gasteiger partial charge in [-0.2, -0.15) is 0 Å². The molecule has 0 aliphatic carbocycles. The molecule has 3 aromatic rings. The second kappa shape index (κ2) is 10.8. The smallest absolute Gasteiger partial charge is 0.258 e. The topological polar surface area (TPSA) is 94.1 Å². The van der Waals surface area contributed by atoms with Gasteiger partial charge >= 0.3 is 0 Å². The fourth-order valence-electron chi connectivity index (χ4n) is 2.86. The molecule has 32 heavy (non-hydrogen) atoms. The SMILES string of the molecule is COc1cc(C(=O)NC(=NCc2ccncc2)Nc2cccc(F)c2)cc(OC)c1OC. The van der Waals surface area contributed by atoms with Crippen LogP contribution in [0.1, 0.15) is 15.9 Å². The number of carbonyl (C=O) groups is 1. The Morgan fingerprint density at radius 2 is 1.69 bits per heavy atom. The van der Waals surface area contributed by atoms with Gasteiger partial charge < -0.3 is 19.5 Å². The van der Waals surface area contributed by atoms with Crippen molar-refractivity contribution >= 4 is 17.6 Å². The number of anilines is 1.